The first kappa shape index (κ1) is 27.9. The van der Waals surface area contributed by atoms with Gasteiger partial charge >= 0.3 is 0 Å². The minimum Gasteiger partial charge on any atom is -0.344 e. The molecular formula is C42H30N6. The fourth-order valence-electron chi connectivity index (χ4n) is 6.52. The van der Waals surface area contributed by atoms with Crippen LogP contribution < -0.4 is 5.32 Å². The molecule has 9 rings (SSSR count). The van der Waals surface area contributed by atoms with Crippen molar-refractivity contribution in [2.24, 2.45) is 9.98 Å². The second kappa shape index (κ2) is 11.4. The predicted molar refractivity (Wildman–Crippen MR) is 195 cm³/mol. The van der Waals surface area contributed by atoms with E-state index in [9.17, 15) is 0 Å². The van der Waals surface area contributed by atoms with Crippen LogP contribution in [0.25, 0.3) is 49.8 Å². The summed E-state index contributed by atoms with van der Waals surface area (Å²) in [6.45, 7) is 2.09. The number of nitrogens with zero attached hydrogens (tertiary/aromatic N) is 5. The first-order valence-corrected chi connectivity index (χ1v) is 16.1. The van der Waals surface area contributed by atoms with E-state index in [1.165, 1.54) is 0 Å². The van der Waals surface area contributed by atoms with Crippen molar-refractivity contribution in [3.63, 3.8) is 0 Å². The van der Waals surface area contributed by atoms with Gasteiger partial charge < -0.3 is 5.32 Å². The second-order valence-corrected chi connectivity index (χ2v) is 12.1. The standard InChI is InChI=1S/C42H30N6/c1-27-22-23-35-34(24-27)41-44-36-20-8-9-21-37(36)48(41)42(43-35)40-46-38(32-18-10-16-30(25-32)28-12-4-2-5-13-28)45-39(47-40)33-19-11-17-31(26-33)29-14-6-3-7-15-29/h2-26,38H,1H3,(H,45,46,47). The van der Waals surface area contributed by atoms with Gasteiger partial charge in [-0.1, -0.05) is 121 Å². The monoisotopic (exact) mass is 618 g/mol. The van der Waals surface area contributed by atoms with E-state index >= 15 is 0 Å². The Balaban J connectivity index is 1.27. The van der Waals surface area contributed by atoms with Crippen molar-refractivity contribution in [1.82, 2.24) is 19.7 Å². The Kier molecular flexibility index (Phi) is 6.64. The number of aliphatic imine (C=N–C) groups is 2. The maximum absolute atomic E-state index is 5.28. The molecular weight excluding hydrogens is 589 g/mol. The normalized spacial score (nSPS) is 14.6. The summed E-state index contributed by atoms with van der Waals surface area (Å²) in [6, 6.07) is 52.4. The van der Waals surface area contributed by atoms with E-state index in [0.29, 0.717) is 11.7 Å². The third kappa shape index (κ3) is 4.91. The van der Waals surface area contributed by atoms with Crippen molar-refractivity contribution in [1.29, 1.82) is 0 Å². The second-order valence-electron chi connectivity index (χ2n) is 12.1. The first-order valence-electron chi connectivity index (χ1n) is 16.1. The number of amidine groups is 2. The summed E-state index contributed by atoms with van der Waals surface area (Å²) in [5.74, 6) is 1.92. The molecule has 1 atom stereocenters. The molecule has 6 nitrogen and oxygen atoms in total. The molecule has 1 aliphatic rings. The highest BCUT2D eigenvalue weighted by Crippen LogP contribution is 2.30. The van der Waals surface area contributed by atoms with E-state index in [4.69, 9.17) is 20.0 Å². The number of hydrogen-bond acceptors (Lipinski definition) is 5. The molecule has 8 aromatic rings. The zero-order chi connectivity index (χ0) is 32.0. The number of para-hydroxylation sites is 2. The van der Waals surface area contributed by atoms with Crippen molar-refractivity contribution in [3.8, 4) is 22.3 Å². The van der Waals surface area contributed by atoms with Crippen LogP contribution in [-0.2, 0) is 0 Å². The lowest BCUT2D eigenvalue weighted by Crippen LogP contribution is -2.34. The van der Waals surface area contributed by atoms with Crippen LogP contribution >= 0.6 is 0 Å². The van der Waals surface area contributed by atoms with E-state index in [2.05, 4.69) is 138 Å². The number of nitrogens with one attached hydrogen (secondary N) is 1. The molecule has 48 heavy (non-hydrogen) atoms. The van der Waals surface area contributed by atoms with Crippen LogP contribution in [0.2, 0.25) is 0 Å². The molecule has 0 saturated heterocycles. The molecule has 0 saturated carbocycles. The van der Waals surface area contributed by atoms with Gasteiger partial charge in [-0.2, -0.15) is 0 Å². The van der Waals surface area contributed by atoms with Gasteiger partial charge in [0.25, 0.3) is 0 Å². The minimum atomic E-state index is -0.406. The molecule has 2 aromatic heterocycles. The Labute approximate surface area is 277 Å². The predicted octanol–water partition coefficient (Wildman–Crippen LogP) is 9.17. The lowest BCUT2D eigenvalue weighted by atomic mass is 10.0. The molecule has 0 fully saturated rings. The van der Waals surface area contributed by atoms with Crippen LogP contribution in [0.15, 0.2) is 162 Å². The number of fused-ring (bicyclic) bond motifs is 5. The Morgan fingerprint density at radius 3 is 2.02 bits per heavy atom. The minimum absolute atomic E-state index is 0.406. The summed E-state index contributed by atoms with van der Waals surface area (Å²) in [5, 5.41) is 4.67. The van der Waals surface area contributed by atoms with Crippen LogP contribution in [0.3, 0.4) is 0 Å². The van der Waals surface area contributed by atoms with E-state index in [0.717, 1.165) is 72.4 Å². The number of benzene rings is 6. The van der Waals surface area contributed by atoms with Gasteiger partial charge in [0, 0.05) is 10.9 Å². The van der Waals surface area contributed by atoms with Gasteiger partial charge in [0.1, 0.15) is 17.6 Å². The molecule has 0 bridgehead atoms. The average Bonchev–Trinajstić information content (AvgIpc) is 3.55. The van der Waals surface area contributed by atoms with Crippen LogP contribution in [0, 0.1) is 6.92 Å². The van der Waals surface area contributed by atoms with Crippen LogP contribution in [0.1, 0.15) is 28.7 Å². The largest absolute Gasteiger partial charge is 0.344 e. The van der Waals surface area contributed by atoms with Crippen LogP contribution in [-0.4, -0.2) is 26.0 Å². The highest BCUT2D eigenvalue weighted by Gasteiger charge is 2.25. The lowest BCUT2D eigenvalue weighted by Gasteiger charge is -2.24. The molecule has 0 amide bonds. The summed E-state index contributed by atoms with van der Waals surface area (Å²) in [6.07, 6.45) is -0.406. The molecule has 0 spiro atoms. The third-order valence-electron chi connectivity index (χ3n) is 8.89. The number of aryl methyl sites for hydroxylation is 1. The Morgan fingerprint density at radius 1 is 0.562 bits per heavy atom. The summed E-state index contributed by atoms with van der Waals surface area (Å²) >= 11 is 0. The van der Waals surface area contributed by atoms with Gasteiger partial charge in [-0.15, -0.1) is 0 Å². The van der Waals surface area contributed by atoms with Gasteiger partial charge in [-0.3, -0.25) is 4.40 Å². The number of rotatable bonds is 5. The third-order valence-corrected chi connectivity index (χ3v) is 8.89. The van der Waals surface area contributed by atoms with Gasteiger partial charge in [0.15, 0.2) is 11.7 Å². The highest BCUT2D eigenvalue weighted by atomic mass is 15.2. The van der Waals surface area contributed by atoms with Crippen LogP contribution in [0.5, 0.6) is 0 Å². The maximum atomic E-state index is 5.28. The molecule has 6 aromatic carbocycles. The summed E-state index contributed by atoms with van der Waals surface area (Å²) < 4.78 is 2.11. The van der Waals surface area contributed by atoms with Crippen molar-refractivity contribution in [3.05, 3.63) is 174 Å². The Bertz CT molecular complexity index is 2550. The van der Waals surface area contributed by atoms with Gasteiger partial charge in [-0.25, -0.2) is 20.0 Å². The van der Waals surface area contributed by atoms with Gasteiger partial charge in [0.05, 0.1) is 16.6 Å². The first-order chi connectivity index (χ1) is 23.7. The molecule has 1 unspecified atom stereocenters. The average molecular weight is 619 g/mol. The summed E-state index contributed by atoms with van der Waals surface area (Å²) in [7, 11) is 0. The summed E-state index contributed by atoms with van der Waals surface area (Å²) in [4.78, 5) is 20.8. The molecule has 1 N–H and O–H groups in total. The molecule has 3 heterocycles. The highest BCUT2D eigenvalue weighted by molar-refractivity contribution is 6.13. The lowest BCUT2D eigenvalue weighted by molar-refractivity contribution is 0.673. The van der Waals surface area contributed by atoms with Gasteiger partial charge in [-0.05, 0) is 71.1 Å². The Hall–Kier alpha value is -6.40. The topological polar surface area (TPSA) is 66.9 Å². The van der Waals surface area contributed by atoms with Crippen LogP contribution in [0.4, 0.5) is 0 Å². The maximum Gasteiger partial charge on any atom is 0.196 e. The zero-order valence-corrected chi connectivity index (χ0v) is 26.2. The van der Waals surface area contributed by atoms with E-state index in [-0.39, 0.29) is 0 Å². The van der Waals surface area contributed by atoms with Gasteiger partial charge in [0.2, 0.25) is 0 Å². The van der Waals surface area contributed by atoms with Crippen molar-refractivity contribution >= 4 is 39.3 Å². The zero-order valence-electron chi connectivity index (χ0n) is 26.2. The number of hydrogen-bond donors (Lipinski definition) is 1. The molecule has 1 aliphatic heterocycles. The van der Waals surface area contributed by atoms with Crippen molar-refractivity contribution in [2.45, 2.75) is 13.1 Å². The fraction of sp³-hybridized carbons (Fsp3) is 0.0476. The van der Waals surface area contributed by atoms with Crippen molar-refractivity contribution in [2.75, 3.05) is 0 Å². The van der Waals surface area contributed by atoms with E-state index in [1.54, 1.807) is 0 Å². The fourth-order valence-corrected chi connectivity index (χ4v) is 6.52. The van der Waals surface area contributed by atoms with E-state index < -0.39 is 6.17 Å². The Morgan fingerprint density at radius 2 is 1.23 bits per heavy atom. The number of imidazole rings is 1. The SMILES string of the molecule is Cc1ccc2nc(C3=NC(c4cccc(-c5ccccc5)c4)NC(c4cccc(-c5ccccc5)c4)=N3)n3c4ccccc4nc3c2c1. The molecule has 6 heteroatoms. The summed E-state index contributed by atoms with van der Waals surface area (Å²) in [5.41, 5.74) is 11.3. The quantitative estimate of drug-likeness (QED) is 0.209. The smallest absolute Gasteiger partial charge is 0.196 e. The molecule has 228 valence electrons. The number of aromatic nitrogens is 3. The molecule has 0 radical (unpaired) electrons. The van der Waals surface area contributed by atoms with E-state index in [1.807, 2.05) is 30.3 Å². The van der Waals surface area contributed by atoms with Crippen molar-refractivity contribution < 1.29 is 0 Å². The molecule has 0 aliphatic carbocycles.